The summed E-state index contributed by atoms with van der Waals surface area (Å²) in [6.45, 7) is 3.07. The van der Waals surface area contributed by atoms with Gasteiger partial charge in [0.05, 0.1) is 5.75 Å². The van der Waals surface area contributed by atoms with Crippen LogP contribution in [0, 0.1) is 5.92 Å². The minimum atomic E-state index is -0.145. The smallest absolute Gasteiger partial charge is 0.234 e. The molecular weight excluding hydrogens is 426 g/mol. The third-order valence-electron chi connectivity index (χ3n) is 5.67. The molecule has 0 unspecified atom stereocenters. The van der Waals surface area contributed by atoms with Crippen LogP contribution in [-0.4, -0.2) is 52.4 Å². The van der Waals surface area contributed by atoms with Gasteiger partial charge in [-0.25, -0.2) is 9.97 Å². The summed E-state index contributed by atoms with van der Waals surface area (Å²) in [5.41, 5.74) is 1.26. The molecule has 1 aliphatic heterocycles. The minimum absolute atomic E-state index is 0.0104. The van der Waals surface area contributed by atoms with Crippen LogP contribution in [0.5, 0.6) is 0 Å². The zero-order valence-corrected chi connectivity index (χ0v) is 18.9. The molecule has 2 amide bonds. The number of carbonyl (C=O) groups is 3. The van der Waals surface area contributed by atoms with Crippen LogP contribution in [-0.2, 0) is 9.59 Å². The van der Waals surface area contributed by atoms with Crippen molar-refractivity contribution in [3.05, 3.63) is 42.2 Å². The summed E-state index contributed by atoms with van der Waals surface area (Å²) in [4.78, 5) is 46.7. The zero-order valence-electron chi connectivity index (χ0n) is 18.0. The number of Topliss-reactive ketones (excluding diaryl/α,β-unsaturated/α-hetero) is 1. The first kappa shape index (κ1) is 22.3. The number of piperidine rings is 1. The Kier molecular flexibility index (Phi) is 7.04. The third-order valence-corrected chi connectivity index (χ3v) is 6.59. The first-order valence-corrected chi connectivity index (χ1v) is 11.9. The summed E-state index contributed by atoms with van der Waals surface area (Å²) in [6.07, 6.45) is 5.36. The van der Waals surface area contributed by atoms with Crippen LogP contribution in [0.1, 0.15) is 43.0 Å². The maximum absolute atomic E-state index is 12.3. The summed E-state index contributed by atoms with van der Waals surface area (Å²) in [5.74, 6) is 1.15. The zero-order chi connectivity index (χ0) is 22.5. The van der Waals surface area contributed by atoms with Crippen molar-refractivity contribution >= 4 is 40.9 Å². The number of carbonyl (C=O) groups excluding carboxylic acids is 3. The fourth-order valence-corrected chi connectivity index (χ4v) is 4.29. The Morgan fingerprint density at radius 2 is 1.78 bits per heavy atom. The average molecular weight is 454 g/mol. The molecule has 1 aliphatic carbocycles. The monoisotopic (exact) mass is 453 g/mol. The highest BCUT2D eigenvalue weighted by atomic mass is 32.2. The second-order valence-electron chi connectivity index (χ2n) is 8.23. The molecule has 0 spiro atoms. The number of anilines is 2. The van der Waals surface area contributed by atoms with Crippen molar-refractivity contribution in [2.24, 2.45) is 5.92 Å². The molecule has 2 aliphatic rings. The molecule has 1 aromatic carbocycles. The fourth-order valence-electron chi connectivity index (χ4n) is 3.62. The van der Waals surface area contributed by atoms with Crippen LogP contribution < -0.4 is 15.5 Å². The van der Waals surface area contributed by atoms with E-state index in [1.807, 2.05) is 6.07 Å². The standard InChI is InChI=1S/C23H27N5O3S/c1-15(29)16-2-4-18(5-3-16)26-21(30)13-32-22-12-20(24-14-25-22)28-10-8-17(9-11-28)23(31)27-19-6-7-19/h2-5,12,14,17,19H,6-11,13H2,1H3,(H,26,30)(H,27,31). The number of benzene rings is 1. The Bertz CT molecular complexity index is 985. The van der Waals surface area contributed by atoms with Gasteiger partial charge >= 0.3 is 0 Å². The number of rotatable bonds is 8. The molecule has 2 heterocycles. The summed E-state index contributed by atoms with van der Waals surface area (Å²) in [5, 5.41) is 6.65. The van der Waals surface area contributed by atoms with Crippen LogP contribution >= 0.6 is 11.8 Å². The fraction of sp³-hybridized carbons (Fsp3) is 0.435. The molecule has 4 rings (SSSR count). The topological polar surface area (TPSA) is 104 Å². The van der Waals surface area contributed by atoms with Gasteiger partial charge in [-0.2, -0.15) is 0 Å². The van der Waals surface area contributed by atoms with E-state index in [4.69, 9.17) is 0 Å². The average Bonchev–Trinajstić information content (AvgIpc) is 3.62. The Hall–Kier alpha value is -2.94. The number of nitrogens with one attached hydrogen (secondary N) is 2. The molecule has 0 atom stereocenters. The molecule has 1 aromatic heterocycles. The molecule has 1 saturated carbocycles. The van der Waals surface area contributed by atoms with Gasteiger partial charge in [0.2, 0.25) is 11.8 Å². The van der Waals surface area contributed by atoms with Crippen molar-refractivity contribution in [1.82, 2.24) is 15.3 Å². The highest BCUT2D eigenvalue weighted by Crippen LogP contribution is 2.26. The van der Waals surface area contributed by atoms with Crippen LogP contribution in [0.15, 0.2) is 41.7 Å². The molecule has 2 aromatic rings. The maximum Gasteiger partial charge on any atom is 0.234 e. The van der Waals surface area contributed by atoms with E-state index in [0.29, 0.717) is 17.3 Å². The van der Waals surface area contributed by atoms with E-state index in [0.717, 1.165) is 49.6 Å². The van der Waals surface area contributed by atoms with Gasteiger partial charge in [-0.05, 0) is 56.9 Å². The van der Waals surface area contributed by atoms with Crippen molar-refractivity contribution in [2.45, 2.75) is 43.7 Å². The van der Waals surface area contributed by atoms with E-state index in [1.165, 1.54) is 25.0 Å². The maximum atomic E-state index is 12.3. The number of aromatic nitrogens is 2. The van der Waals surface area contributed by atoms with Gasteiger partial charge in [-0.15, -0.1) is 0 Å². The molecule has 1 saturated heterocycles. The largest absolute Gasteiger partial charge is 0.356 e. The van der Waals surface area contributed by atoms with E-state index in [9.17, 15) is 14.4 Å². The van der Waals surface area contributed by atoms with Gasteiger partial charge in [0.1, 0.15) is 17.2 Å². The molecule has 32 heavy (non-hydrogen) atoms. The van der Waals surface area contributed by atoms with Crippen molar-refractivity contribution in [1.29, 1.82) is 0 Å². The molecule has 2 fully saturated rings. The molecule has 0 radical (unpaired) electrons. The van der Waals surface area contributed by atoms with Gasteiger partial charge in [0, 0.05) is 42.4 Å². The Labute approximate surface area is 191 Å². The van der Waals surface area contributed by atoms with Crippen molar-refractivity contribution < 1.29 is 14.4 Å². The van der Waals surface area contributed by atoms with Gasteiger partial charge in [0.25, 0.3) is 0 Å². The predicted octanol–water partition coefficient (Wildman–Crippen LogP) is 2.91. The summed E-state index contributed by atoms with van der Waals surface area (Å²) in [6, 6.07) is 9.12. The van der Waals surface area contributed by atoms with Crippen LogP contribution in [0.2, 0.25) is 0 Å². The first-order chi connectivity index (χ1) is 15.5. The number of hydrogen-bond donors (Lipinski definition) is 2. The summed E-state index contributed by atoms with van der Waals surface area (Å²) >= 11 is 1.35. The van der Waals surface area contributed by atoms with E-state index >= 15 is 0 Å². The lowest BCUT2D eigenvalue weighted by Crippen LogP contribution is -2.41. The van der Waals surface area contributed by atoms with E-state index < -0.39 is 0 Å². The van der Waals surface area contributed by atoms with Crippen LogP contribution in [0.4, 0.5) is 11.5 Å². The van der Waals surface area contributed by atoms with Crippen molar-refractivity contribution in [2.75, 3.05) is 29.1 Å². The Balaban J connectivity index is 1.25. The third kappa shape index (κ3) is 6.06. The SMILES string of the molecule is CC(=O)c1ccc(NC(=O)CSc2cc(N3CCC(C(=O)NC4CC4)CC3)ncn2)cc1. The predicted molar refractivity (Wildman–Crippen MR) is 124 cm³/mol. The normalized spacial score (nSPS) is 16.5. The van der Waals surface area contributed by atoms with Gasteiger partial charge in [-0.1, -0.05) is 11.8 Å². The first-order valence-electron chi connectivity index (χ1n) is 10.9. The van der Waals surface area contributed by atoms with Gasteiger partial charge in [0.15, 0.2) is 5.78 Å². The quantitative estimate of drug-likeness (QED) is 0.360. The number of nitrogens with zero attached hydrogens (tertiary/aromatic N) is 3. The Morgan fingerprint density at radius 1 is 1.06 bits per heavy atom. The van der Waals surface area contributed by atoms with Crippen molar-refractivity contribution in [3.8, 4) is 0 Å². The van der Waals surface area contributed by atoms with E-state index in [2.05, 4.69) is 25.5 Å². The lowest BCUT2D eigenvalue weighted by Gasteiger charge is -2.32. The molecule has 9 heteroatoms. The van der Waals surface area contributed by atoms with Gasteiger partial charge < -0.3 is 15.5 Å². The number of hydrogen-bond acceptors (Lipinski definition) is 7. The highest BCUT2D eigenvalue weighted by Gasteiger charge is 2.30. The molecule has 8 nitrogen and oxygen atoms in total. The van der Waals surface area contributed by atoms with Gasteiger partial charge in [-0.3, -0.25) is 14.4 Å². The van der Waals surface area contributed by atoms with Crippen LogP contribution in [0.25, 0.3) is 0 Å². The highest BCUT2D eigenvalue weighted by molar-refractivity contribution is 7.99. The van der Waals surface area contributed by atoms with Crippen LogP contribution in [0.3, 0.4) is 0 Å². The number of amides is 2. The van der Waals surface area contributed by atoms with E-state index in [1.54, 1.807) is 24.3 Å². The van der Waals surface area contributed by atoms with Crippen molar-refractivity contribution in [3.63, 3.8) is 0 Å². The molecule has 0 bridgehead atoms. The molecule has 168 valence electrons. The molecular formula is C23H27N5O3S. The molecule has 2 N–H and O–H groups in total. The Morgan fingerprint density at radius 3 is 2.44 bits per heavy atom. The second kappa shape index (κ2) is 10.1. The summed E-state index contributed by atoms with van der Waals surface area (Å²) in [7, 11) is 0. The number of ketones is 1. The lowest BCUT2D eigenvalue weighted by atomic mass is 9.96. The second-order valence-corrected chi connectivity index (χ2v) is 9.22. The van der Waals surface area contributed by atoms with E-state index in [-0.39, 0.29) is 29.3 Å². The minimum Gasteiger partial charge on any atom is -0.356 e. The summed E-state index contributed by atoms with van der Waals surface area (Å²) < 4.78 is 0. The number of thioether (sulfide) groups is 1. The lowest BCUT2D eigenvalue weighted by molar-refractivity contribution is -0.125.